The number of aromatic hydroxyl groups is 1. The molecule has 1 atom stereocenters. The number of ether oxygens (including phenoxy) is 3. The van der Waals surface area contributed by atoms with Crippen LogP contribution in [0.3, 0.4) is 0 Å². The molecule has 0 bridgehead atoms. The Bertz CT molecular complexity index is 1300. The lowest BCUT2D eigenvalue weighted by molar-refractivity contribution is -0.124. The van der Waals surface area contributed by atoms with Gasteiger partial charge >= 0.3 is 6.09 Å². The van der Waals surface area contributed by atoms with E-state index in [1.165, 1.54) is 6.08 Å². The molecule has 0 radical (unpaired) electrons. The molecule has 1 heterocycles. The maximum Gasteiger partial charge on any atom is 0.412 e. The van der Waals surface area contributed by atoms with Crippen LogP contribution in [0.4, 0.5) is 10.5 Å². The highest BCUT2D eigenvalue weighted by Gasteiger charge is 2.35. The average molecular weight is 493 g/mol. The van der Waals surface area contributed by atoms with Crippen molar-refractivity contribution in [3.8, 4) is 17.2 Å². The fraction of sp³-hybridized carbons (Fsp3) is 0.259. The van der Waals surface area contributed by atoms with Crippen LogP contribution >= 0.6 is 0 Å². The molecule has 1 aliphatic rings. The van der Waals surface area contributed by atoms with Crippen LogP contribution in [0.5, 0.6) is 17.2 Å². The van der Waals surface area contributed by atoms with Crippen molar-refractivity contribution < 1.29 is 34.1 Å². The Morgan fingerprint density at radius 3 is 2.61 bits per heavy atom. The number of phenolic OH excluding ortho intramolecular Hbond substituents is 1. The molecule has 0 aromatic heterocycles. The van der Waals surface area contributed by atoms with Gasteiger partial charge in [0.15, 0.2) is 11.5 Å². The highest BCUT2D eigenvalue weighted by molar-refractivity contribution is 5.92. The van der Waals surface area contributed by atoms with Crippen molar-refractivity contribution in [2.75, 3.05) is 12.1 Å². The predicted octanol–water partition coefficient (Wildman–Crippen LogP) is 5.43. The van der Waals surface area contributed by atoms with Crippen LogP contribution in [0.15, 0.2) is 66.7 Å². The molecule has 3 aromatic carbocycles. The van der Waals surface area contributed by atoms with E-state index in [4.69, 9.17) is 19.4 Å². The number of carbonyl (C=O) groups is 2. The van der Waals surface area contributed by atoms with Crippen LogP contribution in [-0.4, -0.2) is 29.1 Å². The number of rotatable bonds is 8. The Kier molecular flexibility index (Phi) is 7.30. The van der Waals surface area contributed by atoms with Crippen LogP contribution in [0.2, 0.25) is 0 Å². The van der Waals surface area contributed by atoms with Gasteiger partial charge in [-0.2, -0.15) is 0 Å². The number of phenols is 1. The van der Waals surface area contributed by atoms with E-state index in [2.05, 4.69) is 5.32 Å². The standard InChI is InChI=1S/C27H28N2O7/c1-27(2,14-6-5-9-24(31)29-33)25(20-11-12-21(30)19-8-4-3-7-18(19)20)36-26(32)28-17-10-13-22-23(15-17)35-16-34-22/h3-5,7-13,15,25,30,33H,6,14,16H2,1-2H3,(H,28,32)(H,29,31)/b9-5+/t25-/m0/s1. The first-order chi connectivity index (χ1) is 17.3. The lowest BCUT2D eigenvalue weighted by Crippen LogP contribution is -2.29. The third-order valence-electron chi connectivity index (χ3n) is 6.11. The summed E-state index contributed by atoms with van der Waals surface area (Å²) in [5.41, 5.74) is 2.22. The van der Waals surface area contributed by atoms with Gasteiger partial charge in [0.05, 0.1) is 0 Å². The summed E-state index contributed by atoms with van der Waals surface area (Å²) in [5, 5.41) is 23.2. The van der Waals surface area contributed by atoms with Crippen LogP contribution in [0.25, 0.3) is 10.8 Å². The van der Waals surface area contributed by atoms with Gasteiger partial charge in [-0.05, 0) is 36.4 Å². The van der Waals surface area contributed by atoms with Gasteiger partial charge in [-0.1, -0.05) is 50.3 Å². The third kappa shape index (κ3) is 5.52. The molecule has 4 N–H and O–H groups in total. The molecule has 2 amide bonds. The highest BCUT2D eigenvalue weighted by atomic mass is 16.7. The molecule has 0 unspecified atom stereocenters. The molecule has 0 fully saturated rings. The number of benzene rings is 3. The zero-order valence-corrected chi connectivity index (χ0v) is 20.0. The first-order valence-corrected chi connectivity index (χ1v) is 11.5. The number of allylic oxidation sites excluding steroid dienone is 1. The van der Waals surface area contributed by atoms with Crippen LogP contribution in [-0.2, 0) is 9.53 Å². The number of fused-ring (bicyclic) bond motifs is 2. The van der Waals surface area contributed by atoms with E-state index < -0.39 is 23.5 Å². The summed E-state index contributed by atoms with van der Waals surface area (Å²) >= 11 is 0. The van der Waals surface area contributed by atoms with E-state index >= 15 is 0 Å². The van der Waals surface area contributed by atoms with E-state index in [-0.39, 0.29) is 12.5 Å². The Balaban J connectivity index is 1.61. The molecule has 0 saturated heterocycles. The zero-order chi connectivity index (χ0) is 25.7. The highest BCUT2D eigenvalue weighted by Crippen LogP contribution is 2.44. The number of amides is 2. The molecule has 0 spiro atoms. The van der Waals surface area contributed by atoms with Gasteiger partial charge in [0.25, 0.3) is 5.91 Å². The van der Waals surface area contributed by atoms with Gasteiger partial charge < -0.3 is 19.3 Å². The van der Waals surface area contributed by atoms with Crippen molar-refractivity contribution in [3.63, 3.8) is 0 Å². The molecule has 0 saturated carbocycles. The van der Waals surface area contributed by atoms with Gasteiger partial charge in [-0.15, -0.1) is 0 Å². The van der Waals surface area contributed by atoms with Gasteiger partial charge in [0.2, 0.25) is 6.79 Å². The van der Waals surface area contributed by atoms with Crippen molar-refractivity contribution in [2.24, 2.45) is 5.41 Å². The van der Waals surface area contributed by atoms with Crippen molar-refractivity contribution >= 4 is 28.5 Å². The Hall–Kier alpha value is -4.24. The lowest BCUT2D eigenvalue weighted by atomic mass is 9.77. The summed E-state index contributed by atoms with van der Waals surface area (Å²) in [7, 11) is 0. The Morgan fingerprint density at radius 1 is 1.08 bits per heavy atom. The second kappa shape index (κ2) is 10.6. The SMILES string of the molecule is CC(C)(CC/C=C/C(=O)NO)[C@@H](OC(=O)Nc1ccc2c(c1)OCO2)c1ccc(O)c2ccccc12. The van der Waals surface area contributed by atoms with Crippen molar-refractivity contribution in [3.05, 3.63) is 72.3 Å². The largest absolute Gasteiger partial charge is 0.507 e. The minimum atomic E-state index is -0.697. The fourth-order valence-electron chi connectivity index (χ4n) is 4.22. The zero-order valence-electron chi connectivity index (χ0n) is 20.0. The summed E-state index contributed by atoms with van der Waals surface area (Å²) in [6.45, 7) is 4.06. The number of hydroxylamine groups is 1. The maximum absolute atomic E-state index is 13.1. The normalized spacial score (nSPS) is 13.5. The molecule has 3 aromatic rings. The molecule has 4 rings (SSSR count). The maximum atomic E-state index is 13.1. The number of hydrogen-bond acceptors (Lipinski definition) is 7. The van der Waals surface area contributed by atoms with Gasteiger partial charge in [0.1, 0.15) is 11.9 Å². The Morgan fingerprint density at radius 2 is 1.83 bits per heavy atom. The van der Waals surface area contributed by atoms with Gasteiger partial charge in [0, 0.05) is 34.2 Å². The van der Waals surface area contributed by atoms with Crippen molar-refractivity contribution in [1.82, 2.24) is 5.48 Å². The van der Waals surface area contributed by atoms with E-state index in [9.17, 15) is 14.7 Å². The summed E-state index contributed by atoms with van der Waals surface area (Å²) in [6.07, 6.45) is 2.59. The molecule has 188 valence electrons. The second-order valence-electron chi connectivity index (χ2n) is 9.10. The average Bonchev–Trinajstić information content (AvgIpc) is 3.34. The van der Waals surface area contributed by atoms with Crippen LogP contribution < -0.4 is 20.3 Å². The molecule has 9 heteroatoms. The molecule has 9 nitrogen and oxygen atoms in total. The first-order valence-electron chi connectivity index (χ1n) is 11.5. The monoisotopic (exact) mass is 492 g/mol. The van der Waals surface area contributed by atoms with Gasteiger partial charge in [-0.25, -0.2) is 10.3 Å². The minimum absolute atomic E-state index is 0.127. The fourth-order valence-corrected chi connectivity index (χ4v) is 4.22. The van der Waals surface area contributed by atoms with Crippen molar-refractivity contribution in [1.29, 1.82) is 0 Å². The number of carbonyl (C=O) groups excluding carboxylic acids is 2. The van der Waals surface area contributed by atoms with Crippen molar-refractivity contribution in [2.45, 2.75) is 32.8 Å². The second-order valence-corrected chi connectivity index (χ2v) is 9.10. The summed E-state index contributed by atoms with van der Waals surface area (Å²) in [4.78, 5) is 24.3. The summed E-state index contributed by atoms with van der Waals surface area (Å²) in [6, 6.07) is 15.8. The molecule has 0 aliphatic carbocycles. The minimum Gasteiger partial charge on any atom is -0.507 e. The molecule has 1 aliphatic heterocycles. The first kappa shape index (κ1) is 24.9. The van der Waals surface area contributed by atoms with Gasteiger partial charge in [-0.3, -0.25) is 15.3 Å². The quantitative estimate of drug-likeness (QED) is 0.188. The number of nitrogens with one attached hydrogen (secondary N) is 2. The number of anilines is 1. The molecular formula is C27H28N2O7. The van der Waals surface area contributed by atoms with E-state index in [0.29, 0.717) is 35.4 Å². The summed E-state index contributed by atoms with van der Waals surface area (Å²) in [5.74, 6) is 0.654. The lowest BCUT2D eigenvalue weighted by Gasteiger charge is -2.35. The van der Waals surface area contributed by atoms with E-state index in [1.807, 2.05) is 32.0 Å². The third-order valence-corrected chi connectivity index (χ3v) is 6.11. The summed E-state index contributed by atoms with van der Waals surface area (Å²) < 4.78 is 16.7. The van der Waals surface area contributed by atoms with E-state index in [0.717, 1.165) is 10.9 Å². The van der Waals surface area contributed by atoms with E-state index in [1.54, 1.807) is 48.0 Å². The topological polar surface area (TPSA) is 126 Å². The van der Waals surface area contributed by atoms with Crippen LogP contribution in [0.1, 0.15) is 38.4 Å². The number of hydrogen-bond donors (Lipinski definition) is 4. The molecule has 36 heavy (non-hydrogen) atoms. The smallest absolute Gasteiger partial charge is 0.412 e. The van der Waals surface area contributed by atoms with Crippen LogP contribution in [0, 0.1) is 5.41 Å². The molecular weight excluding hydrogens is 464 g/mol. The predicted molar refractivity (Wildman–Crippen MR) is 133 cm³/mol. The Labute approximate surface area is 208 Å².